The molecule has 0 saturated heterocycles. The van der Waals surface area contributed by atoms with E-state index in [4.69, 9.17) is 9.47 Å². The Balaban J connectivity index is 2.97. The SMILES string of the molecule is CCCOC(=O)C(C(=O)OCCC)C(CC(C)C)C1CCCCC1. The van der Waals surface area contributed by atoms with Crippen molar-refractivity contribution < 1.29 is 19.1 Å². The molecule has 0 radical (unpaired) electrons. The van der Waals surface area contributed by atoms with Gasteiger partial charge in [0.1, 0.15) is 0 Å². The van der Waals surface area contributed by atoms with Gasteiger partial charge in [-0.2, -0.15) is 0 Å². The molecule has 1 rings (SSSR count). The highest BCUT2D eigenvalue weighted by Crippen LogP contribution is 2.38. The Hall–Kier alpha value is -1.06. The third-order valence-corrected chi connectivity index (χ3v) is 4.83. The van der Waals surface area contributed by atoms with Crippen LogP contribution in [0.2, 0.25) is 0 Å². The number of rotatable bonds is 10. The molecule has 0 N–H and O–H groups in total. The van der Waals surface area contributed by atoms with E-state index in [1.165, 1.54) is 19.3 Å². The molecule has 0 aromatic rings. The average molecular weight is 341 g/mol. The first-order valence-electron chi connectivity index (χ1n) is 9.84. The predicted molar refractivity (Wildman–Crippen MR) is 95.5 cm³/mol. The number of hydrogen-bond donors (Lipinski definition) is 0. The number of carbonyl (C=O) groups is 2. The average Bonchev–Trinajstić information content (AvgIpc) is 2.57. The van der Waals surface area contributed by atoms with Crippen molar-refractivity contribution >= 4 is 11.9 Å². The van der Waals surface area contributed by atoms with Gasteiger partial charge in [-0.25, -0.2) is 0 Å². The molecule has 24 heavy (non-hydrogen) atoms. The van der Waals surface area contributed by atoms with Crippen LogP contribution >= 0.6 is 0 Å². The van der Waals surface area contributed by atoms with E-state index in [0.29, 0.717) is 25.0 Å². The second-order valence-corrected chi connectivity index (χ2v) is 7.50. The van der Waals surface area contributed by atoms with Crippen LogP contribution in [-0.2, 0) is 19.1 Å². The molecule has 0 aromatic heterocycles. The molecular formula is C20H36O4. The first-order chi connectivity index (χ1) is 11.5. The summed E-state index contributed by atoms with van der Waals surface area (Å²) < 4.78 is 10.7. The maximum atomic E-state index is 12.6. The van der Waals surface area contributed by atoms with E-state index in [2.05, 4.69) is 13.8 Å². The molecule has 0 bridgehead atoms. The minimum Gasteiger partial charge on any atom is -0.465 e. The Morgan fingerprint density at radius 3 is 1.83 bits per heavy atom. The topological polar surface area (TPSA) is 52.6 Å². The molecule has 1 unspecified atom stereocenters. The van der Waals surface area contributed by atoms with E-state index in [1.54, 1.807) is 0 Å². The molecular weight excluding hydrogens is 304 g/mol. The Morgan fingerprint density at radius 1 is 0.917 bits per heavy atom. The van der Waals surface area contributed by atoms with Crippen molar-refractivity contribution in [2.24, 2.45) is 23.7 Å². The van der Waals surface area contributed by atoms with Crippen LogP contribution in [0.3, 0.4) is 0 Å². The van der Waals surface area contributed by atoms with Crippen molar-refractivity contribution in [2.45, 2.75) is 79.1 Å². The van der Waals surface area contributed by atoms with E-state index in [0.717, 1.165) is 32.1 Å². The molecule has 0 heterocycles. The lowest BCUT2D eigenvalue weighted by Gasteiger charge is -2.35. The van der Waals surface area contributed by atoms with Crippen molar-refractivity contribution in [2.75, 3.05) is 13.2 Å². The van der Waals surface area contributed by atoms with Gasteiger partial charge in [-0.1, -0.05) is 59.8 Å². The summed E-state index contributed by atoms with van der Waals surface area (Å²) in [4.78, 5) is 25.3. The molecule has 1 atom stereocenters. The van der Waals surface area contributed by atoms with Crippen molar-refractivity contribution in [1.82, 2.24) is 0 Å². The zero-order valence-electron chi connectivity index (χ0n) is 16.0. The zero-order valence-corrected chi connectivity index (χ0v) is 16.0. The summed E-state index contributed by atoms with van der Waals surface area (Å²) >= 11 is 0. The van der Waals surface area contributed by atoms with Gasteiger partial charge in [0.2, 0.25) is 0 Å². The quantitative estimate of drug-likeness (QED) is 0.425. The van der Waals surface area contributed by atoms with Crippen molar-refractivity contribution in [1.29, 1.82) is 0 Å². The third kappa shape index (κ3) is 6.82. The standard InChI is InChI=1S/C20H36O4/c1-5-12-23-19(21)18(20(22)24-13-6-2)17(14-15(3)4)16-10-8-7-9-11-16/h15-18H,5-14H2,1-4H3. The Kier molecular flexibility index (Phi) is 10.0. The highest BCUT2D eigenvalue weighted by atomic mass is 16.6. The molecule has 1 aliphatic carbocycles. The van der Waals surface area contributed by atoms with Crippen LogP contribution < -0.4 is 0 Å². The Labute approximate surface area is 147 Å². The van der Waals surface area contributed by atoms with Crippen LogP contribution in [0.4, 0.5) is 0 Å². The van der Waals surface area contributed by atoms with Crippen molar-refractivity contribution in [3.63, 3.8) is 0 Å². The maximum absolute atomic E-state index is 12.6. The molecule has 140 valence electrons. The number of ether oxygens (including phenoxy) is 2. The van der Waals surface area contributed by atoms with Gasteiger partial charge in [-0.05, 0) is 37.0 Å². The fourth-order valence-electron chi connectivity index (χ4n) is 3.74. The summed E-state index contributed by atoms with van der Waals surface area (Å²) in [5, 5.41) is 0. The molecule has 1 fully saturated rings. The minimum atomic E-state index is -0.756. The molecule has 1 saturated carbocycles. The van der Waals surface area contributed by atoms with E-state index < -0.39 is 5.92 Å². The lowest BCUT2D eigenvalue weighted by molar-refractivity contribution is -0.167. The lowest BCUT2D eigenvalue weighted by Crippen LogP contribution is -2.39. The van der Waals surface area contributed by atoms with Crippen LogP contribution in [0.1, 0.15) is 79.1 Å². The fourth-order valence-corrected chi connectivity index (χ4v) is 3.74. The third-order valence-electron chi connectivity index (χ3n) is 4.83. The maximum Gasteiger partial charge on any atom is 0.320 e. The second kappa shape index (κ2) is 11.5. The number of hydrogen-bond acceptors (Lipinski definition) is 4. The largest absolute Gasteiger partial charge is 0.465 e. The summed E-state index contributed by atoms with van der Waals surface area (Å²) in [6.07, 6.45) is 8.27. The first-order valence-corrected chi connectivity index (χ1v) is 9.84. The molecule has 0 amide bonds. The summed E-state index contributed by atoms with van der Waals surface area (Å²) in [5.41, 5.74) is 0. The van der Waals surface area contributed by atoms with E-state index in [1.807, 2.05) is 13.8 Å². The number of esters is 2. The van der Waals surface area contributed by atoms with Gasteiger partial charge in [-0.15, -0.1) is 0 Å². The van der Waals surface area contributed by atoms with Crippen LogP contribution in [0.25, 0.3) is 0 Å². The zero-order chi connectivity index (χ0) is 17.9. The van der Waals surface area contributed by atoms with Gasteiger partial charge in [0.15, 0.2) is 5.92 Å². The smallest absolute Gasteiger partial charge is 0.320 e. The molecule has 4 nitrogen and oxygen atoms in total. The second-order valence-electron chi connectivity index (χ2n) is 7.50. The molecule has 0 aromatic carbocycles. The highest BCUT2D eigenvalue weighted by molar-refractivity contribution is 5.95. The van der Waals surface area contributed by atoms with Crippen LogP contribution in [0.15, 0.2) is 0 Å². The highest BCUT2D eigenvalue weighted by Gasteiger charge is 2.41. The van der Waals surface area contributed by atoms with Gasteiger partial charge >= 0.3 is 11.9 Å². The Bertz CT molecular complexity index is 352. The van der Waals surface area contributed by atoms with Gasteiger partial charge in [0, 0.05) is 0 Å². The van der Waals surface area contributed by atoms with Crippen LogP contribution in [0.5, 0.6) is 0 Å². The van der Waals surface area contributed by atoms with Gasteiger partial charge in [-0.3, -0.25) is 9.59 Å². The summed E-state index contributed by atoms with van der Waals surface area (Å²) in [5.74, 6) is -0.608. The summed E-state index contributed by atoms with van der Waals surface area (Å²) in [6, 6.07) is 0. The van der Waals surface area contributed by atoms with Gasteiger partial charge in [0.05, 0.1) is 13.2 Å². The van der Waals surface area contributed by atoms with E-state index in [-0.39, 0.29) is 17.9 Å². The van der Waals surface area contributed by atoms with Crippen LogP contribution in [-0.4, -0.2) is 25.2 Å². The van der Waals surface area contributed by atoms with Gasteiger partial charge in [0.25, 0.3) is 0 Å². The molecule has 0 spiro atoms. The monoisotopic (exact) mass is 340 g/mol. The van der Waals surface area contributed by atoms with E-state index in [9.17, 15) is 9.59 Å². The van der Waals surface area contributed by atoms with Crippen molar-refractivity contribution in [3.8, 4) is 0 Å². The molecule has 1 aliphatic rings. The van der Waals surface area contributed by atoms with Crippen LogP contribution in [0, 0.1) is 23.7 Å². The molecule has 4 heteroatoms. The van der Waals surface area contributed by atoms with Crippen molar-refractivity contribution in [3.05, 3.63) is 0 Å². The van der Waals surface area contributed by atoms with E-state index >= 15 is 0 Å². The minimum absolute atomic E-state index is 0.0408. The summed E-state index contributed by atoms with van der Waals surface area (Å²) in [6.45, 7) is 8.98. The fraction of sp³-hybridized carbons (Fsp3) is 0.900. The normalized spacial score (nSPS) is 17.1. The predicted octanol–water partition coefficient (Wildman–Crippen LogP) is 4.75. The Morgan fingerprint density at radius 2 is 1.42 bits per heavy atom. The number of carbonyl (C=O) groups excluding carboxylic acids is 2. The molecule has 0 aliphatic heterocycles. The summed E-state index contributed by atoms with van der Waals surface area (Å²) in [7, 11) is 0. The lowest BCUT2D eigenvalue weighted by atomic mass is 9.71. The first kappa shape index (κ1) is 21.0. The van der Waals surface area contributed by atoms with Gasteiger partial charge < -0.3 is 9.47 Å².